The second kappa shape index (κ2) is 8.55. The Bertz CT molecular complexity index is 492. The van der Waals surface area contributed by atoms with Crippen LogP contribution in [0.25, 0.3) is 0 Å². The van der Waals surface area contributed by atoms with Gasteiger partial charge in [-0.25, -0.2) is 0 Å². The molecule has 1 aliphatic heterocycles. The molecule has 1 aliphatic rings. The summed E-state index contributed by atoms with van der Waals surface area (Å²) in [4.78, 5) is 2.48. The molecule has 1 heterocycles. The quantitative estimate of drug-likeness (QED) is 0.757. The van der Waals surface area contributed by atoms with Crippen molar-refractivity contribution in [2.24, 2.45) is 11.1 Å². The maximum Gasteiger partial charge on any atom is 0.127 e. The van der Waals surface area contributed by atoms with Gasteiger partial charge in [0.25, 0.3) is 0 Å². The van der Waals surface area contributed by atoms with Gasteiger partial charge < -0.3 is 15.2 Å². The van der Waals surface area contributed by atoms with Gasteiger partial charge in [0.1, 0.15) is 11.5 Å². The van der Waals surface area contributed by atoms with Crippen LogP contribution in [0.2, 0.25) is 0 Å². The molecular formula is C19H32N2O2. The van der Waals surface area contributed by atoms with Crippen molar-refractivity contribution in [3.8, 4) is 11.5 Å². The van der Waals surface area contributed by atoms with Crippen molar-refractivity contribution < 1.29 is 9.47 Å². The number of likely N-dealkylation sites (tertiary alicyclic amines) is 1. The number of nitrogens with zero attached hydrogens (tertiary/aromatic N) is 1. The average Bonchev–Trinajstić information content (AvgIpc) is 2.94. The van der Waals surface area contributed by atoms with Crippen LogP contribution in [0.3, 0.4) is 0 Å². The second-order valence-corrected chi connectivity index (χ2v) is 6.94. The summed E-state index contributed by atoms with van der Waals surface area (Å²) < 4.78 is 11.7. The van der Waals surface area contributed by atoms with Crippen LogP contribution in [-0.2, 0) is 6.54 Å². The van der Waals surface area contributed by atoms with E-state index in [0.29, 0.717) is 0 Å². The molecule has 1 aromatic carbocycles. The summed E-state index contributed by atoms with van der Waals surface area (Å²) in [5, 5.41) is 0. The Morgan fingerprint density at radius 3 is 2.57 bits per heavy atom. The van der Waals surface area contributed by atoms with Crippen molar-refractivity contribution in [3.05, 3.63) is 23.8 Å². The van der Waals surface area contributed by atoms with E-state index in [1.54, 1.807) is 0 Å². The van der Waals surface area contributed by atoms with E-state index in [1.165, 1.54) is 12.0 Å². The summed E-state index contributed by atoms with van der Waals surface area (Å²) in [7, 11) is 0. The minimum atomic E-state index is 0.259. The van der Waals surface area contributed by atoms with Crippen LogP contribution in [0.4, 0.5) is 0 Å². The van der Waals surface area contributed by atoms with Crippen molar-refractivity contribution in [2.45, 2.75) is 46.6 Å². The minimum absolute atomic E-state index is 0.259. The molecule has 2 N–H and O–H groups in total. The summed E-state index contributed by atoms with van der Waals surface area (Å²) in [5.74, 6) is 1.86. The lowest BCUT2D eigenvalue weighted by Crippen LogP contribution is -2.31. The highest BCUT2D eigenvalue weighted by Crippen LogP contribution is 2.32. The first-order chi connectivity index (χ1) is 11.1. The zero-order chi connectivity index (χ0) is 16.7. The third-order valence-corrected chi connectivity index (χ3v) is 4.50. The minimum Gasteiger partial charge on any atom is -0.493 e. The molecule has 4 nitrogen and oxygen atoms in total. The SMILES string of the molecule is CCCOc1ccc(CN2CCC(C)(CN)C2)c(OCCC)c1. The lowest BCUT2D eigenvalue weighted by Gasteiger charge is -2.23. The highest BCUT2D eigenvalue weighted by Gasteiger charge is 2.32. The monoisotopic (exact) mass is 320 g/mol. The Hall–Kier alpha value is -1.26. The second-order valence-electron chi connectivity index (χ2n) is 6.94. The number of ether oxygens (including phenoxy) is 2. The largest absolute Gasteiger partial charge is 0.493 e. The summed E-state index contributed by atoms with van der Waals surface area (Å²) in [5.41, 5.74) is 7.42. The Labute approximate surface area is 140 Å². The zero-order valence-electron chi connectivity index (χ0n) is 14.9. The first kappa shape index (κ1) is 18.1. The average molecular weight is 320 g/mol. The Balaban J connectivity index is 2.07. The van der Waals surface area contributed by atoms with Crippen molar-refractivity contribution >= 4 is 0 Å². The zero-order valence-corrected chi connectivity index (χ0v) is 14.9. The van der Waals surface area contributed by atoms with Crippen molar-refractivity contribution in [3.63, 3.8) is 0 Å². The van der Waals surface area contributed by atoms with Gasteiger partial charge in [0.15, 0.2) is 0 Å². The third kappa shape index (κ3) is 5.11. The van der Waals surface area contributed by atoms with Crippen LogP contribution >= 0.6 is 0 Å². The van der Waals surface area contributed by atoms with Gasteiger partial charge in [-0.1, -0.05) is 26.8 Å². The molecule has 1 aromatic rings. The van der Waals surface area contributed by atoms with Crippen LogP contribution in [0.15, 0.2) is 18.2 Å². The highest BCUT2D eigenvalue weighted by molar-refractivity contribution is 5.41. The molecule has 1 saturated heterocycles. The maximum atomic E-state index is 5.96. The Morgan fingerprint density at radius 1 is 1.17 bits per heavy atom. The smallest absolute Gasteiger partial charge is 0.127 e. The van der Waals surface area contributed by atoms with Crippen LogP contribution in [-0.4, -0.2) is 37.7 Å². The van der Waals surface area contributed by atoms with Gasteiger partial charge >= 0.3 is 0 Å². The van der Waals surface area contributed by atoms with E-state index in [2.05, 4.69) is 37.8 Å². The number of rotatable bonds is 9. The van der Waals surface area contributed by atoms with Crippen molar-refractivity contribution in [1.82, 2.24) is 4.90 Å². The molecule has 1 atom stereocenters. The van der Waals surface area contributed by atoms with E-state index in [0.717, 1.165) is 63.7 Å². The standard InChI is InChI=1S/C19H32N2O2/c1-4-10-22-17-7-6-16(18(12-17)23-11-5-2)13-21-9-8-19(3,14-20)15-21/h6-7,12H,4-5,8-11,13-15,20H2,1-3H3. The lowest BCUT2D eigenvalue weighted by atomic mass is 9.90. The normalized spacial score (nSPS) is 21.6. The van der Waals surface area contributed by atoms with E-state index in [4.69, 9.17) is 15.2 Å². The van der Waals surface area contributed by atoms with Crippen molar-refractivity contribution in [1.29, 1.82) is 0 Å². The molecule has 1 unspecified atom stereocenters. The van der Waals surface area contributed by atoms with Gasteiger partial charge in [-0.2, -0.15) is 0 Å². The number of hydrogen-bond donors (Lipinski definition) is 1. The molecular weight excluding hydrogens is 288 g/mol. The predicted molar refractivity (Wildman–Crippen MR) is 95.1 cm³/mol. The number of nitrogens with two attached hydrogens (primary N) is 1. The highest BCUT2D eigenvalue weighted by atomic mass is 16.5. The lowest BCUT2D eigenvalue weighted by molar-refractivity contribution is 0.262. The molecule has 0 amide bonds. The maximum absolute atomic E-state index is 5.96. The van der Waals surface area contributed by atoms with Gasteiger partial charge in [0.2, 0.25) is 0 Å². The molecule has 130 valence electrons. The summed E-state index contributed by atoms with van der Waals surface area (Å²) in [6, 6.07) is 6.24. The first-order valence-electron chi connectivity index (χ1n) is 8.91. The molecule has 2 rings (SSSR count). The molecule has 1 fully saturated rings. The molecule has 0 saturated carbocycles. The summed E-state index contributed by atoms with van der Waals surface area (Å²) in [6.45, 7) is 11.9. The van der Waals surface area contributed by atoms with E-state index in [-0.39, 0.29) is 5.41 Å². The van der Waals surface area contributed by atoms with E-state index in [1.807, 2.05) is 6.07 Å². The molecule has 0 aromatic heterocycles. The van der Waals surface area contributed by atoms with Crippen LogP contribution in [0.5, 0.6) is 11.5 Å². The topological polar surface area (TPSA) is 47.7 Å². The molecule has 23 heavy (non-hydrogen) atoms. The fourth-order valence-electron chi connectivity index (χ4n) is 2.99. The third-order valence-electron chi connectivity index (χ3n) is 4.50. The van der Waals surface area contributed by atoms with Crippen LogP contribution in [0, 0.1) is 5.41 Å². The predicted octanol–water partition coefficient (Wildman–Crippen LogP) is 3.43. The fraction of sp³-hybridized carbons (Fsp3) is 0.684. The van der Waals surface area contributed by atoms with Gasteiger partial charge in [0, 0.05) is 24.7 Å². The van der Waals surface area contributed by atoms with Crippen LogP contribution < -0.4 is 15.2 Å². The van der Waals surface area contributed by atoms with Gasteiger partial charge in [-0.15, -0.1) is 0 Å². The molecule has 0 radical (unpaired) electrons. The van der Waals surface area contributed by atoms with Gasteiger partial charge in [-0.05, 0) is 43.8 Å². The van der Waals surface area contributed by atoms with Crippen molar-refractivity contribution in [2.75, 3.05) is 32.8 Å². The van der Waals surface area contributed by atoms with Crippen LogP contribution in [0.1, 0.15) is 45.6 Å². The molecule has 0 bridgehead atoms. The van der Waals surface area contributed by atoms with Gasteiger partial charge in [0.05, 0.1) is 13.2 Å². The fourth-order valence-corrected chi connectivity index (χ4v) is 2.99. The van der Waals surface area contributed by atoms with E-state index in [9.17, 15) is 0 Å². The Kier molecular flexibility index (Phi) is 6.72. The molecule has 4 heteroatoms. The summed E-state index contributed by atoms with van der Waals surface area (Å²) in [6.07, 6.45) is 3.19. The van der Waals surface area contributed by atoms with E-state index < -0.39 is 0 Å². The summed E-state index contributed by atoms with van der Waals surface area (Å²) >= 11 is 0. The number of hydrogen-bond acceptors (Lipinski definition) is 4. The molecule has 0 aliphatic carbocycles. The Morgan fingerprint density at radius 2 is 1.91 bits per heavy atom. The van der Waals surface area contributed by atoms with Gasteiger partial charge in [-0.3, -0.25) is 4.90 Å². The molecule has 0 spiro atoms. The number of benzene rings is 1. The van der Waals surface area contributed by atoms with E-state index >= 15 is 0 Å². The first-order valence-corrected chi connectivity index (χ1v) is 8.91.